The number of piperidine rings is 1. The number of terminal acetylenes is 1. The fourth-order valence-corrected chi connectivity index (χ4v) is 4.29. The molecule has 0 unspecified atom stereocenters. The van der Waals surface area contributed by atoms with Gasteiger partial charge in [-0.25, -0.2) is 0 Å². The van der Waals surface area contributed by atoms with Gasteiger partial charge in [0.25, 0.3) is 11.8 Å². The van der Waals surface area contributed by atoms with Gasteiger partial charge in [0.05, 0.1) is 6.04 Å². The minimum absolute atomic E-state index is 0.0121. The summed E-state index contributed by atoms with van der Waals surface area (Å²) in [7, 11) is 0. The van der Waals surface area contributed by atoms with Crippen LogP contribution >= 0.6 is 0 Å². The third-order valence-electron chi connectivity index (χ3n) is 5.63. The predicted molar refractivity (Wildman–Crippen MR) is 102 cm³/mol. The number of hydrogen-bond donors (Lipinski definition) is 1. The first-order chi connectivity index (χ1) is 13.1. The van der Waals surface area contributed by atoms with Crippen molar-refractivity contribution in [3.05, 3.63) is 65.0 Å². The molecule has 1 aromatic carbocycles. The van der Waals surface area contributed by atoms with E-state index in [-0.39, 0.29) is 23.9 Å². The van der Waals surface area contributed by atoms with E-state index in [1.54, 1.807) is 36.7 Å². The lowest BCUT2D eigenvalue weighted by Crippen LogP contribution is -2.52. The average Bonchev–Trinajstić information content (AvgIpc) is 3.28. The average molecular weight is 359 g/mol. The van der Waals surface area contributed by atoms with Crippen LogP contribution in [0.2, 0.25) is 0 Å². The van der Waals surface area contributed by atoms with E-state index < -0.39 is 0 Å². The summed E-state index contributed by atoms with van der Waals surface area (Å²) in [4.78, 5) is 31.4. The van der Waals surface area contributed by atoms with Gasteiger partial charge in [0.1, 0.15) is 0 Å². The number of benzene rings is 1. The molecule has 2 amide bonds. The fraction of sp³-hybridized carbons (Fsp3) is 0.318. The molecule has 5 nitrogen and oxygen atoms in total. The number of fused-ring (bicyclic) bond motifs is 2. The maximum Gasteiger partial charge on any atom is 0.254 e. The molecule has 27 heavy (non-hydrogen) atoms. The van der Waals surface area contributed by atoms with Gasteiger partial charge in [0, 0.05) is 41.7 Å². The Labute approximate surface area is 158 Å². The van der Waals surface area contributed by atoms with E-state index in [0.29, 0.717) is 17.0 Å². The number of carbonyl (C=O) groups excluding carboxylic acids is 2. The van der Waals surface area contributed by atoms with Crippen molar-refractivity contribution < 1.29 is 9.59 Å². The van der Waals surface area contributed by atoms with E-state index in [4.69, 9.17) is 6.42 Å². The topological polar surface area (TPSA) is 62.3 Å². The van der Waals surface area contributed by atoms with Gasteiger partial charge in [0.2, 0.25) is 0 Å². The van der Waals surface area contributed by atoms with Gasteiger partial charge in [-0.15, -0.1) is 6.42 Å². The highest BCUT2D eigenvalue weighted by molar-refractivity contribution is 5.96. The maximum absolute atomic E-state index is 12.8. The number of aryl methyl sites for hydroxylation is 1. The summed E-state index contributed by atoms with van der Waals surface area (Å²) < 4.78 is 0. The summed E-state index contributed by atoms with van der Waals surface area (Å²) in [5.41, 5.74) is 2.94. The van der Waals surface area contributed by atoms with Gasteiger partial charge in [-0.05, 0) is 61.6 Å². The third kappa shape index (κ3) is 3.19. The molecule has 3 atom stereocenters. The van der Waals surface area contributed by atoms with Crippen molar-refractivity contribution in [1.82, 2.24) is 15.2 Å². The van der Waals surface area contributed by atoms with Crippen LogP contribution in [0.15, 0.2) is 42.7 Å². The van der Waals surface area contributed by atoms with Crippen LogP contribution in [0.4, 0.5) is 0 Å². The van der Waals surface area contributed by atoms with Gasteiger partial charge in [-0.2, -0.15) is 0 Å². The summed E-state index contributed by atoms with van der Waals surface area (Å²) in [6.07, 6.45) is 10.6. The molecule has 4 rings (SSSR count). The number of carbonyl (C=O) groups is 2. The minimum atomic E-state index is -0.115. The van der Waals surface area contributed by atoms with Gasteiger partial charge in [-0.1, -0.05) is 5.92 Å². The number of nitrogens with one attached hydrogen (secondary N) is 1. The Kier molecular flexibility index (Phi) is 4.41. The number of hydrogen-bond acceptors (Lipinski definition) is 3. The van der Waals surface area contributed by atoms with Crippen LogP contribution in [0.25, 0.3) is 0 Å². The van der Waals surface area contributed by atoms with Crippen LogP contribution in [0.1, 0.15) is 44.7 Å². The molecule has 1 saturated carbocycles. The Bertz CT molecular complexity index is 932. The van der Waals surface area contributed by atoms with E-state index in [2.05, 4.69) is 16.2 Å². The summed E-state index contributed by atoms with van der Waals surface area (Å²) in [5.74, 6) is 2.95. The van der Waals surface area contributed by atoms with E-state index in [9.17, 15) is 9.59 Å². The quantitative estimate of drug-likeness (QED) is 0.856. The molecule has 5 heteroatoms. The third-order valence-corrected chi connectivity index (χ3v) is 5.63. The van der Waals surface area contributed by atoms with Crippen LogP contribution in [-0.4, -0.2) is 40.3 Å². The number of aromatic nitrogens is 1. The largest absolute Gasteiger partial charge is 0.347 e. The molecule has 2 heterocycles. The molecule has 1 N–H and O–H groups in total. The molecule has 1 aromatic heterocycles. The van der Waals surface area contributed by atoms with E-state index in [1.807, 2.05) is 17.9 Å². The first-order valence-electron chi connectivity index (χ1n) is 9.16. The van der Waals surface area contributed by atoms with Crippen LogP contribution in [0, 0.1) is 25.2 Å². The van der Waals surface area contributed by atoms with Gasteiger partial charge in [0.15, 0.2) is 0 Å². The highest BCUT2D eigenvalue weighted by Crippen LogP contribution is 2.38. The number of likely N-dealkylation sites (tertiary alicyclic amines) is 1. The number of rotatable bonds is 3. The SMILES string of the molecule is C#Cc1ccc(C(=O)N[C@@H]2C[C@@H]3C[C@H]2N(C(=O)c2ccncc2)C3)cc1C. The van der Waals surface area contributed by atoms with E-state index >= 15 is 0 Å². The molecule has 2 bridgehead atoms. The fourth-order valence-electron chi connectivity index (χ4n) is 4.29. The van der Waals surface area contributed by atoms with Crippen LogP contribution in [0.3, 0.4) is 0 Å². The normalized spacial score (nSPS) is 23.1. The lowest BCUT2D eigenvalue weighted by Gasteiger charge is -2.33. The summed E-state index contributed by atoms with van der Waals surface area (Å²) >= 11 is 0. The lowest BCUT2D eigenvalue weighted by atomic mass is 10.0. The molecule has 1 aliphatic heterocycles. The molecule has 2 aliphatic rings. The maximum atomic E-state index is 12.8. The van der Waals surface area contributed by atoms with Gasteiger partial charge >= 0.3 is 0 Å². The molecule has 0 radical (unpaired) electrons. The summed E-state index contributed by atoms with van der Waals surface area (Å²) in [6.45, 7) is 2.66. The number of nitrogens with zero attached hydrogens (tertiary/aromatic N) is 2. The number of amides is 2. The van der Waals surface area contributed by atoms with E-state index in [1.165, 1.54) is 0 Å². The molecule has 136 valence electrons. The van der Waals surface area contributed by atoms with Crippen molar-refractivity contribution in [2.75, 3.05) is 6.54 Å². The smallest absolute Gasteiger partial charge is 0.254 e. The minimum Gasteiger partial charge on any atom is -0.347 e. The van der Waals surface area contributed by atoms with Crippen molar-refractivity contribution in [2.45, 2.75) is 31.8 Å². The summed E-state index contributed by atoms with van der Waals surface area (Å²) in [5, 5.41) is 3.13. The Morgan fingerprint density at radius 1 is 1.19 bits per heavy atom. The standard InChI is InChI=1S/C22H21N3O2/c1-3-16-4-5-18(10-14(16)2)21(26)24-19-11-15-12-20(19)25(13-15)22(27)17-6-8-23-9-7-17/h1,4-10,15,19-20H,11-13H2,2H3,(H,24,26)/t15-,19-,20-/m1/s1. The Morgan fingerprint density at radius 2 is 1.96 bits per heavy atom. The molecule has 0 spiro atoms. The zero-order valence-corrected chi connectivity index (χ0v) is 15.2. The molecule has 2 aromatic rings. The second-order valence-corrected chi connectivity index (χ2v) is 7.35. The number of pyridine rings is 1. The zero-order valence-electron chi connectivity index (χ0n) is 15.2. The molecule has 1 saturated heterocycles. The Hall–Kier alpha value is -3.13. The first kappa shape index (κ1) is 17.3. The van der Waals surface area contributed by atoms with Crippen LogP contribution in [-0.2, 0) is 0 Å². The first-order valence-corrected chi connectivity index (χ1v) is 9.16. The zero-order chi connectivity index (χ0) is 19.0. The molecular formula is C22H21N3O2. The summed E-state index contributed by atoms with van der Waals surface area (Å²) in [6, 6.07) is 8.86. The van der Waals surface area contributed by atoms with Gasteiger partial charge < -0.3 is 10.2 Å². The highest BCUT2D eigenvalue weighted by Gasteiger charge is 2.47. The Balaban J connectivity index is 1.47. The second-order valence-electron chi connectivity index (χ2n) is 7.35. The van der Waals surface area contributed by atoms with E-state index in [0.717, 1.165) is 30.5 Å². The Morgan fingerprint density at radius 3 is 2.63 bits per heavy atom. The highest BCUT2D eigenvalue weighted by atomic mass is 16.2. The van der Waals surface area contributed by atoms with Crippen molar-refractivity contribution in [1.29, 1.82) is 0 Å². The second kappa shape index (κ2) is 6.88. The van der Waals surface area contributed by atoms with Crippen molar-refractivity contribution in [3.8, 4) is 12.3 Å². The lowest BCUT2D eigenvalue weighted by molar-refractivity contribution is 0.0648. The van der Waals surface area contributed by atoms with Crippen molar-refractivity contribution >= 4 is 11.8 Å². The molecular weight excluding hydrogens is 338 g/mol. The molecule has 2 fully saturated rings. The predicted octanol–water partition coefficient (Wildman–Crippen LogP) is 2.40. The van der Waals surface area contributed by atoms with Crippen LogP contribution < -0.4 is 5.32 Å². The van der Waals surface area contributed by atoms with Crippen molar-refractivity contribution in [2.24, 2.45) is 5.92 Å². The van der Waals surface area contributed by atoms with Crippen LogP contribution in [0.5, 0.6) is 0 Å². The van der Waals surface area contributed by atoms with Crippen molar-refractivity contribution in [3.63, 3.8) is 0 Å². The van der Waals surface area contributed by atoms with Gasteiger partial charge in [-0.3, -0.25) is 14.6 Å². The monoisotopic (exact) mass is 359 g/mol. The molecule has 1 aliphatic carbocycles.